The van der Waals surface area contributed by atoms with Crippen molar-refractivity contribution in [3.63, 3.8) is 0 Å². The van der Waals surface area contributed by atoms with Crippen molar-refractivity contribution in [2.75, 3.05) is 0 Å². The second kappa shape index (κ2) is 10.3. The third kappa shape index (κ3) is 5.83. The minimum atomic E-state index is -1.49. The molecule has 1 heterocycles. The van der Waals surface area contributed by atoms with E-state index in [-0.39, 0.29) is 11.1 Å². The van der Waals surface area contributed by atoms with Crippen LogP contribution in [0.4, 0.5) is 0 Å². The number of ether oxygens (including phenoxy) is 1. The van der Waals surface area contributed by atoms with Gasteiger partial charge in [0.15, 0.2) is 6.10 Å². The van der Waals surface area contributed by atoms with Gasteiger partial charge < -0.3 is 15.6 Å². The number of carbonyl (C=O) groups excluding carboxylic acids is 1. The van der Waals surface area contributed by atoms with Crippen LogP contribution in [0.25, 0.3) is 16.8 Å². The Morgan fingerprint density at radius 3 is 2.00 bits per heavy atom. The predicted octanol–water partition coefficient (Wildman–Crippen LogP) is 5.02. The Morgan fingerprint density at radius 2 is 1.51 bits per heavy atom. The number of carboxylic acid groups (broad SMARTS) is 1. The molecule has 0 fully saturated rings. The lowest BCUT2D eigenvalue weighted by Crippen LogP contribution is -2.35. The number of pyridine rings is 1. The average Bonchev–Trinajstić information content (AvgIpc) is 2.77. The number of carbonyl (C=O) groups is 2. The van der Waals surface area contributed by atoms with Crippen LogP contribution in [0.2, 0.25) is 0 Å². The van der Waals surface area contributed by atoms with Crippen LogP contribution in [-0.2, 0) is 20.7 Å². The zero-order valence-electron chi connectivity index (χ0n) is 22.9. The van der Waals surface area contributed by atoms with Crippen molar-refractivity contribution in [3.8, 4) is 16.8 Å². The first-order valence-corrected chi connectivity index (χ1v) is 12.2. The highest BCUT2D eigenvalue weighted by Gasteiger charge is 2.35. The summed E-state index contributed by atoms with van der Waals surface area (Å²) < 4.78 is 7.55. The van der Waals surface area contributed by atoms with E-state index >= 15 is 0 Å². The molecule has 3 N–H and O–H groups in total. The molecule has 0 saturated heterocycles. The van der Waals surface area contributed by atoms with Gasteiger partial charge >= 0.3 is 5.97 Å². The fraction of sp³-hybridized carbons (Fsp3) is 0.367. The van der Waals surface area contributed by atoms with Gasteiger partial charge in [-0.3, -0.25) is 14.2 Å². The topological polar surface area (TPSA) is 112 Å². The number of nitrogens with zero attached hydrogens (tertiary/aromatic N) is 1. The molecule has 1 atom stereocenters. The van der Waals surface area contributed by atoms with Gasteiger partial charge in [0.1, 0.15) is 0 Å². The summed E-state index contributed by atoms with van der Waals surface area (Å²) in [4.78, 5) is 38.9. The molecule has 1 amide bonds. The first kappa shape index (κ1) is 27.9. The molecular formula is C30H36N2O5. The molecule has 0 aliphatic heterocycles. The van der Waals surface area contributed by atoms with Crippen LogP contribution >= 0.6 is 0 Å². The van der Waals surface area contributed by atoms with Crippen LogP contribution in [0.3, 0.4) is 0 Å². The van der Waals surface area contributed by atoms with Gasteiger partial charge in [-0.25, -0.2) is 4.79 Å². The molecule has 1 aromatic heterocycles. The second-order valence-corrected chi connectivity index (χ2v) is 10.7. The lowest BCUT2D eigenvalue weighted by Gasteiger charge is -2.30. The van der Waals surface area contributed by atoms with Gasteiger partial charge in [0.05, 0.1) is 12.0 Å². The van der Waals surface area contributed by atoms with Crippen LogP contribution < -0.4 is 11.3 Å². The van der Waals surface area contributed by atoms with Crippen molar-refractivity contribution in [1.82, 2.24) is 4.57 Å². The quantitative estimate of drug-likeness (QED) is 0.470. The average molecular weight is 505 g/mol. The zero-order chi connectivity index (χ0) is 27.8. The number of amides is 1. The minimum Gasteiger partial charge on any atom is -0.479 e. The molecule has 7 heteroatoms. The van der Waals surface area contributed by atoms with E-state index in [9.17, 15) is 19.5 Å². The molecule has 0 aliphatic carbocycles. The summed E-state index contributed by atoms with van der Waals surface area (Å²) in [5, 5.41) is 10.3. The summed E-state index contributed by atoms with van der Waals surface area (Å²) in [6.45, 7) is 14.9. The van der Waals surface area contributed by atoms with Crippen molar-refractivity contribution >= 4 is 11.9 Å². The smallest absolute Gasteiger partial charge is 0.337 e. The third-order valence-electron chi connectivity index (χ3n) is 6.61. The van der Waals surface area contributed by atoms with Crippen LogP contribution in [0, 0.1) is 34.6 Å². The first-order valence-electron chi connectivity index (χ1n) is 12.2. The van der Waals surface area contributed by atoms with E-state index < -0.39 is 35.6 Å². The van der Waals surface area contributed by atoms with Crippen molar-refractivity contribution in [3.05, 3.63) is 85.8 Å². The summed E-state index contributed by atoms with van der Waals surface area (Å²) >= 11 is 0. The van der Waals surface area contributed by atoms with Crippen molar-refractivity contribution in [2.24, 2.45) is 5.73 Å². The Bertz CT molecular complexity index is 1440. The van der Waals surface area contributed by atoms with Crippen LogP contribution in [0.5, 0.6) is 0 Å². The molecule has 2 aromatic carbocycles. The van der Waals surface area contributed by atoms with Gasteiger partial charge in [-0.2, -0.15) is 0 Å². The number of hydrogen-bond donors (Lipinski definition) is 2. The van der Waals surface area contributed by atoms with Crippen LogP contribution in [-0.4, -0.2) is 27.2 Å². The van der Waals surface area contributed by atoms with Crippen LogP contribution in [0.1, 0.15) is 65.9 Å². The number of aromatic nitrogens is 1. The van der Waals surface area contributed by atoms with Gasteiger partial charge in [-0.15, -0.1) is 0 Å². The van der Waals surface area contributed by atoms with Gasteiger partial charge in [-0.05, 0) is 95.3 Å². The lowest BCUT2D eigenvalue weighted by atomic mass is 9.88. The fourth-order valence-electron chi connectivity index (χ4n) is 4.52. The first-order chi connectivity index (χ1) is 17.1. The Morgan fingerprint density at radius 1 is 0.946 bits per heavy atom. The molecule has 0 bridgehead atoms. The molecule has 0 saturated carbocycles. The van der Waals surface area contributed by atoms with Gasteiger partial charge in [0.2, 0.25) is 5.91 Å². The van der Waals surface area contributed by atoms with Crippen molar-refractivity contribution in [1.29, 1.82) is 0 Å². The van der Waals surface area contributed by atoms with E-state index in [1.165, 1.54) is 4.57 Å². The Hall–Kier alpha value is -3.71. The number of nitrogens with two attached hydrogens (primary N) is 1. The largest absolute Gasteiger partial charge is 0.479 e. The molecule has 7 nitrogen and oxygen atoms in total. The second-order valence-electron chi connectivity index (χ2n) is 10.7. The number of hydrogen-bond acceptors (Lipinski definition) is 4. The molecule has 196 valence electrons. The van der Waals surface area contributed by atoms with Crippen molar-refractivity contribution < 1.29 is 19.4 Å². The summed E-state index contributed by atoms with van der Waals surface area (Å²) in [6, 6.07) is 11.5. The van der Waals surface area contributed by atoms with Gasteiger partial charge in [0, 0.05) is 28.1 Å². The zero-order valence-corrected chi connectivity index (χ0v) is 22.9. The SMILES string of the molecule is Cc1ccc(-c2c(C(OC(C)(C)C)C(=O)O)c(CC(N)=O)c(=O)n(-c3ccc(C)c(C)c3)c2C)cc1C. The van der Waals surface area contributed by atoms with E-state index in [0.29, 0.717) is 16.9 Å². The molecule has 0 radical (unpaired) electrons. The highest BCUT2D eigenvalue weighted by Crippen LogP contribution is 2.38. The lowest BCUT2D eigenvalue weighted by molar-refractivity contribution is -0.160. The van der Waals surface area contributed by atoms with E-state index in [1.54, 1.807) is 27.7 Å². The summed E-state index contributed by atoms with van der Waals surface area (Å²) in [5.74, 6) is -1.99. The normalized spacial score (nSPS) is 12.4. The predicted molar refractivity (Wildman–Crippen MR) is 145 cm³/mol. The fourth-order valence-corrected chi connectivity index (χ4v) is 4.52. The summed E-state index contributed by atoms with van der Waals surface area (Å²) in [6.07, 6.45) is -1.92. The standard InChI is InChI=1S/C30H36N2O5/c1-16-9-11-21(13-18(16)3)25-20(5)32(22-12-10-17(2)19(4)14-22)28(34)23(15-24(31)33)26(25)27(29(35)36)37-30(6,7)8/h9-14,27H,15H2,1-8H3,(H2,31,33)(H,35,36). The highest BCUT2D eigenvalue weighted by atomic mass is 16.5. The van der Waals surface area contributed by atoms with E-state index in [4.69, 9.17) is 10.5 Å². The van der Waals surface area contributed by atoms with E-state index in [2.05, 4.69) is 0 Å². The van der Waals surface area contributed by atoms with Crippen molar-refractivity contribution in [2.45, 2.75) is 73.5 Å². The van der Waals surface area contributed by atoms with E-state index in [0.717, 1.165) is 27.8 Å². The number of benzene rings is 2. The molecule has 37 heavy (non-hydrogen) atoms. The van der Waals surface area contributed by atoms with Gasteiger partial charge in [0.25, 0.3) is 5.56 Å². The monoisotopic (exact) mass is 504 g/mol. The Balaban J connectivity index is 2.58. The Kier molecular flexibility index (Phi) is 7.79. The summed E-state index contributed by atoms with van der Waals surface area (Å²) in [7, 11) is 0. The summed E-state index contributed by atoms with van der Waals surface area (Å²) in [5.41, 5.74) is 11.0. The van der Waals surface area contributed by atoms with E-state index in [1.807, 2.05) is 64.1 Å². The maximum Gasteiger partial charge on any atom is 0.337 e. The third-order valence-corrected chi connectivity index (χ3v) is 6.61. The molecular weight excluding hydrogens is 468 g/mol. The number of rotatable bonds is 7. The van der Waals surface area contributed by atoms with Crippen LogP contribution in [0.15, 0.2) is 41.2 Å². The number of aryl methyl sites for hydroxylation is 4. The molecule has 3 aromatic rings. The molecule has 0 aliphatic rings. The van der Waals surface area contributed by atoms with Gasteiger partial charge in [-0.1, -0.05) is 24.3 Å². The maximum atomic E-state index is 14.0. The Labute approximate surface area is 217 Å². The molecule has 1 unspecified atom stereocenters. The number of primary amides is 1. The molecule has 0 spiro atoms. The minimum absolute atomic E-state index is 0.0150. The number of carboxylic acids is 1. The molecule has 3 rings (SSSR count). The number of aliphatic carboxylic acids is 1. The highest BCUT2D eigenvalue weighted by molar-refractivity contribution is 5.85. The maximum absolute atomic E-state index is 14.0.